The van der Waals surface area contributed by atoms with Crippen molar-refractivity contribution in [1.82, 2.24) is 15.6 Å². The van der Waals surface area contributed by atoms with Crippen LogP contribution in [-0.4, -0.2) is 40.8 Å². The molecule has 0 aliphatic heterocycles. The third-order valence-electron chi connectivity index (χ3n) is 8.63. The summed E-state index contributed by atoms with van der Waals surface area (Å²) in [7, 11) is 0. The molecule has 0 unspecified atom stereocenters. The van der Waals surface area contributed by atoms with Crippen molar-refractivity contribution in [2.45, 2.75) is 83.5 Å². The molecule has 5 rings (SSSR count). The fourth-order valence-electron chi connectivity index (χ4n) is 5.90. The Morgan fingerprint density at radius 2 is 1.82 bits per heavy atom. The van der Waals surface area contributed by atoms with E-state index in [1.54, 1.807) is 6.20 Å². The minimum atomic E-state index is -0.188. The van der Waals surface area contributed by atoms with Crippen LogP contribution in [0.1, 0.15) is 72.0 Å². The Morgan fingerprint density at radius 1 is 1.00 bits per heavy atom. The Kier molecular flexibility index (Phi) is 9.02. The number of aryl methyl sites for hydroxylation is 2. The maximum atomic E-state index is 13.4. The van der Waals surface area contributed by atoms with E-state index in [-0.39, 0.29) is 29.8 Å². The maximum Gasteiger partial charge on any atom is 0.255 e. The highest BCUT2D eigenvalue weighted by molar-refractivity contribution is 5.99. The van der Waals surface area contributed by atoms with Gasteiger partial charge in [-0.2, -0.15) is 0 Å². The summed E-state index contributed by atoms with van der Waals surface area (Å²) in [6.45, 7) is 5.52. The fourth-order valence-corrected chi connectivity index (χ4v) is 5.90. The molecule has 7 heteroatoms. The number of nitrogens with two attached hydrogens (primary N) is 1. The summed E-state index contributed by atoms with van der Waals surface area (Å²) in [5.41, 5.74) is 12.1. The summed E-state index contributed by atoms with van der Waals surface area (Å²) in [6, 6.07) is 16.8. The van der Waals surface area contributed by atoms with Gasteiger partial charge in [-0.3, -0.25) is 4.79 Å². The minimum absolute atomic E-state index is 0.0393. The lowest BCUT2D eigenvalue weighted by Crippen LogP contribution is -2.39. The number of hydrogen-bond acceptors (Lipinski definition) is 6. The summed E-state index contributed by atoms with van der Waals surface area (Å²) in [4.78, 5) is 17.7. The van der Waals surface area contributed by atoms with Crippen molar-refractivity contribution >= 4 is 11.7 Å². The second-order valence-corrected chi connectivity index (χ2v) is 11.6. The molecule has 1 aromatic heterocycles. The number of carbonyl (C=O) groups excluding carboxylic acids is 1. The molecule has 2 aliphatic rings. The predicted molar refractivity (Wildman–Crippen MR) is 159 cm³/mol. The highest BCUT2D eigenvalue weighted by Gasteiger charge is 2.30. The summed E-state index contributed by atoms with van der Waals surface area (Å²) in [5.74, 6) is 1.17. The normalized spacial score (nSPS) is 22.7. The first-order valence-electron chi connectivity index (χ1n) is 14.6. The number of pyridine rings is 1. The molecule has 40 heavy (non-hydrogen) atoms. The molecule has 1 amide bonds. The molecular formula is C33H42N4O3. The summed E-state index contributed by atoms with van der Waals surface area (Å²) in [6.07, 6.45) is 8.31. The number of ether oxygens (including phenoxy) is 1. The number of benzene rings is 2. The Balaban J connectivity index is 1.21. The van der Waals surface area contributed by atoms with Gasteiger partial charge >= 0.3 is 0 Å². The number of aliphatic hydroxyl groups is 1. The van der Waals surface area contributed by atoms with Gasteiger partial charge in [0.15, 0.2) is 0 Å². The number of carbonyl (C=O) groups is 1. The standard InChI is InChI=1S/C33H42N4O3/c1-21-9-14-29(15-22(21)2)40-20-25-7-4-8-31(25)37-33(39)30-17-26(19-36-32(30)34)24-6-3-5-23(16-24)18-35-27-10-12-28(38)13-11-27/h3,5-6,9,14-17,19,25,27-28,31,35,38H,4,7-8,10-13,18,20H2,1-2H3,(H2,34,36)(H,37,39)/t25-,27-,28-,31+/m1/s1. The number of hydrogen-bond donors (Lipinski definition) is 4. The van der Waals surface area contributed by atoms with Crippen LogP contribution >= 0.6 is 0 Å². The fraction of sp³-hybridized carbons (Fsp3) is 0.455. The molecule has 2 saturated carbocycles. The minimum Gasteiger partial charge on any atom is -0.493 e. The lowest BCUT2D eigenvalue weighted by atomic mass is 9.93. The highest BCUT2D eigenvalue weighted by Crippen LogP contribution is 2.29. The van der Waals surface area contributed by atoms with Crippen molar-refractivity contribution in [2.24, 2.45) is 5.92 Å². The van der Waals surface area contributed by atoms with Crippen LogP contribution in [0.2, 0.25) is 0 Å². The molecule has 2 aliphatic carbocycles. The summed E-state index contributed by atoms with van der Waals surface area (Å²) in [5, 5.41) is 16.6. The van der Waals surface area contributed by atoms with Gasteiger partial charge in [-0.25, -0.2) is 4.98 Å². The molecule has 212 valence electrons. The van der Waals surface area contributed by atoms with E-state index in [1.165, 1.54) is 16.7 Å². The molecule has 2 fully saturated rings. The number of nitrogens with zero attached hydrogens (tertiary/aromatic N) is 1. The zero-order valence-corrected chi connectivity index (χ0v) is 23.7. The third-order valence-corrected chi connectivity index (χ3v) is 8.63. The number of amides is 1. The smallest absolute Gasteiger partial charge is 0.255 e. The van der Waals surface area contributed by atoms with Crippen molar-refractivity contribution < 1.29 is 14.6 Å². The molecule has 0 bridgehead atoms. The molecule has 0 radical (unpaired) electrons. The third kappa shape index (κ3) is 7.01. The molecule has 2 aromatic carbocycles. The van der Waals surface area contributed by atoms with E-state index in [0.717, 1.165) is 68.4 Å². The second-order valence-electron chi connectivity index (χ2n) is 11.6. The molecule has 2 atom stereocenters. The van der Waals surface area contributed by atoms with Gasteiger partial charge in [0, 0.05) is 36.3 Å². The van der Waals surface area contributed by atoms with Gasteiger partial charge in [-0.05, 0) is 98.9 Å². The second kappa shape index (κ2) is 12.8. The highest BCUT2D eigenvalue weighted by atomic mass is 16.5. The molecule has 0 spiro atoms. The van der Waals surface area contributed by atoms with Gasteiger partial charge in [-0.1, -0.05) is 30.7 Å². The van der Waals surface area contributed by atoms with Gasteiger partial charge in [0.05, 0.1) is 18.3 Å². The van der Waals surface area contributed by atoms with E-state index in [2.05, 4.69) is 53.7 Å². The van der Waals surface area contributed by atoms with Crippen LogP contribution in [0.5, 0.6) is 5.75 Å². The first kappa shape index (κ1) is 28.1. The first-order valence-corrected chi connectivity index (χ1v) is 14.6. The van der Waals surface area contributed by atoms with Crippen LogP contribution in [-0.2, 0) is 6.54 Å². The van der Waals surface area contributed by atoms with Crippen molar-refractivity contribution in [3.8, 4) is 16.9 Å². The summed E-state index contributed by atoms with van der Waals surface area (Å²) < 4.78 is 6.11. The predicted octanol–water partition coefficient (Wildman–Crippen LogP) is 5.32. The van der Waals surface area contributed by atoms with Crippen LogP contribution in [0, 0.1) is 19.8 Å². The first-order chi connectivity index (χ1) is 19.4. The Labute approximate surface area is 237 Å². The lowest BCUT2D eigenvalue weighted by molar-refractivity contribution is 0.0919. The van der Waals surface area contributed by atoms with Crippen LogP contribution < -0.4 is 21.1 Å². The van der Waals surface area contributed by atoms with Crippen LogP contribution in [0.15, 0.2) is 54.7 Å². The largest absolute Gasteiger partial charge is 0.493 e. The monoisotopic (exact) mass is 542 g/mol. The van der Waals surface area contributed by atoms with Gasteiger partial charge in [0.2, 0.25) is 0 Å². The lowest BCUT2D eigenvalue weighted by Gasteiger charge is -2.26. The van der Waals surface area contributed by atoms with Crippen molar-refractivity contribution in [3.05, 3.63) is 77.0 Å². The van der Waals surface area contributed by atoms with Crippen LogP contribution in [0.3, 0.4) is 0 Å². The molecule has 5 N–H and O–H groups in total. The van der Waals surface area contributed by atoms with Crippen LogP contribution in [0.25, 0.3) is 11.1 Å². The van der Waals surface area contributed by atoms with Crippen molar-refractivity contribution in [3.63, 3.8) is 0 Å². The quantitative estimate of drug-likeness (QED) is 0.291. The molecule has 3 aromatic rings. The number of nitrogen functional groups attached to an aromatic ring is 1. The number of anilines is 1. The Morgan fingerprint density at radius 3 is 2.62 bits per heavy atom. The van der Waals surface area contributed by atoms with Gasteiger partial charge in [0.1, 0.15) is 11.6 Å². The molecular weight excluding hydrogens is 500 g/mol. The maximum absolute atomic E-state index is 13.4. The SMILES string of the molecule is Cc1ccc(OC[C@H]2CCC[C@@H]2NC(=O)c2cc(-c3cccc(CN[C@H]4CC[C@H](O)CC4)c3)cnc2N)cc1C. The number of aromatic nitrogens is 1. The Bertz CT molecular complexity index is 1320. The van der Waals surface area contributed by atoms with Crippen LogP contribution in [0.4, 0.5) is 5.82 Å². The number of rotatable bonds is 9. The number of nitrogens with one attached hydrogen (secondary N) is 2. The molecule has 0 saturated heterocycles. The zero-order chi connectivity index (χ0) is 28.1. The van der Waals surface area contributed by atoms with E-state index in [0.29, 0.717) is 18.2 Å². The topological polar surface area (TPSA) is 110 Å². The van der Waals surface area contributed by atoms with E-state index in [4.69, 9.17) is 10.5 Å². The van der Waals surface area contributed by atoms with Gasteiger partial charge < -0.3 is 26.2 Å². The summed E-state index contributed by atoms with van der Waals surface area (Å²) >= 11 is 0. The van der Waals surface area contributed by atoms with Crippen molar-refractivity contribution in [2.75, 3.05) is 12.3 Å². The molecule has 1 heterocycles. The number of aliphatic hydroxyl groups excluding tert-OH is 1. The zero-order valence-electron chi connectivity index (χ0n) is 23.7. The average molecular weight is 543 g/mol. The van der Waals surface area contributed by atoms with Gasteiger partial charge in [0.25, 0.3) is 5.91 Å². The molecule has 7 nitrogen and oxygen atoms in total. The van der Waals surface area contributed by atoms with E-state index < -0.39 is 0 Å². The van der Waals surface area contributed by atoms with Crippen molar-refractivity contribution in [1.29, 1.82) is 0 Å². The van der Waals surface area contributed by atoms with Gasteiger partial charge in [-0.15, -0.1) is 0 Å². The van der Waals surface area contributed by atoms with E-state index >= 15 is 0 Å². The van der Waals surface area contributed by atoms with E-state index in [9.17, 15) is 9.90 Å². The average Bonchev–Trinajstić information content (AvgIpc) is 3.40. The van der Waals surface area contributed by atoms with E-state index in [1.807, 2.05) is 24.3 Å². The Hall–Kier alpha value is -3.42.